The number of amides is 2. The SMILES string of the molecule is O=C(NCCN1CCN(C(=O)C(F)(F)C(F)(F)C(F)(F)C(F)(F)C(F)(F)C(F)(F)F)CC1)C(F)(F)C(F)(F)C(F)(F)C(F)(F)C(F)(F)C(F)(F)F. The van der Waals surface area contributed by atoms with Crippen molar-refractivity contribution < 1.29 is 124 Å². The van der Waals surface area contributed by atoms with Gasteiger partial charge in [-0.05, 0) is 0 Å². The van der Waals surface area contributed by atoms with Crippen molar-refractivity contribution in [3.05, 3.63) is 0 Å². The van der Waals surface area contributed by atoms with E-state index in [1.165, 1.54) is 0 Å². The van der Waals surface area contributed by atoms with Crippen molar-refractivity contribution in [2.24, 2.45) is 0 Å². The fraction of sp³-hybridized carbons (Fsp3) is 0.900. The fourth-order valence-corrected chi connectivity index (χ4v) is 3.63. The minimum Gasteiger partial charge on any atom is -0.349 e. The molecule has 51 heavy (non-hydrogen) atoms. The van der Waals surface area contributed by atoms with E-state index in [1.807, 2.05) is 0 Å². The van der Waals surface area contributed by atoms with Crippen LogP contribution in [0.25, 0.3) is 0 Å². The van der Waals surface area contributed by atoms with E-state index < -0.39 is 128 Å². The Kier molecular flexibility index (Phi) is 11.6. The lowest BCUT2D eigenvalue weighted by Gasteiger charge is -2.41. The van der Waals surface area contributed by atoms with E-state index in [1.54, 1.807) is 0 Å². The number of hydrogen-bond donors (Lipinski definition) is 1. The van der Waals surface area contributed by atoms with Crippen LogP contribution in [0.2, 0.25) is 0 Å². The van der Waals surface area contributed by atoms with Gasteiger partial charge < -0.3 is 10.2 Å². The summed E-state index contributed by atoms with van der Waals surface area (Å²) >= 11 is 0. The van der Waals surface area contributed by atoms with Crippen LogP contribution in [0.1, 0.15) is 0 Å². The summed E-state index contributed by atoms with van der Waals surface area (Å²) < 4.78 is 343. The number of rotatable bonds is 13. The zero-order valence-corrected chi connectivity index (χ0v) is 23.3. The summed E-state index contributed by atoms with van der Waals surface area (Å²) in [6, 6.07) is 0. The minimum atomic E-state index is -8.34. The first-order valence-corrected chi connectivity index (χ1v) is 12.2. The maximum Gasteiger partial charge on any atom is 0.460 e. The molecule has 1 saturated heterocycles. The Morgan fingerprint density at radius 3 is 1.02 bits per heavy atom. The summed E-state index contributed by atoms with van der Waals surface area (Å²) in [6.45, 7) is -7.87. The standard InChI is InChI=1S/C20H13F26N3O2/c21-9(22,11(25,26)13(29,30)15(33,34)17(37,38)19(41,42)43)7(50)47-1-2-48-3-5-49(6-4-48)8(51)10(23,24)12(27,28)14(31,32)16(35,36)18(39,40)20(44,45)46/h1-6H2,(H,47,50). The summed E-state index contributed by atoms with van der Waals surface area (Å²) in [4.78, 5) is 23.2. The van der Waals surface area contributed by atoms with Crippen LogP contribution in [0.3, 0.4) is 0 Å². The van der Waals surface area contributed by atoms with Crippen LogP contribution in [0.15, 0.2) is 0 Å². The average Bonchev–Trinajstić information content (AvgIpc) is 2.94. The Bertz CT molecular complexity index is 1280. The van der Waals surface area contributed by atoms with Crippen molar-refractivity contribution in [3.8, 4) is 0 Å². The number of hydrogen-bond acceptors (Lipinski definition) is 3. The number of carbonyl (C=O) groups excluding carboxylic acids is 2. The second-order valence-electron chi connectivity index (χ2n) is 10.1. The van der Waals surface area contributed by atoms with Crippen LogP contribution in [0.4, 0.5) is 114 Å². The summed E-state index contributed by atoms with van der Waals surface area (Å²) in [5.41, 5.74) is 0. The molecule has 1 rings (SSSR count). The van der Waals surface area contributed by atoms with Gasteiger partial charge in [-0.3, -0.25) is 14.5 Å². The van der Waals surface area contributed by atoms with Crippen LogP contribution in [0, 0.1) is 0 Å². The topological polar surface area (TPSA) is 52.7 Å². The Hall–Kier alpha value is -2.92. The second kappa shape index (κ2) is 12.9. The summed E-state index contributed by atoms with van der Waals surface area (Å²) in [5.74, 6) is -87.3. The van der Waals surface area contributed by atoms with Gasteiger partial charge >= 0.3 is 71.6 Å². The first-order chi connectivity index (χ1) is 22.0. The molecule has 2 amide bonds. The molecule has 0 spiro atoms. The number of nitrogens with zero attached hydrogens (tertiary/aromatic N) is 2. The van der Waals surface area contributed by atoms with Crippen LogP contribution < -0.4 is 5.32 Å². The quantitative estimate of drug-likeness (QED) is 0.210. The predicted molar refractivity (Wildman–Crippen MR) is 108 cm³/mol. The molecular weight excluding hydrogens is 808 g/mol. The van der Waals surface area contributed by atoms with Crippen molar-refractivity contribution in [1.82, 2.24) is 15.1 Å². The molecule has 0 radical (unpaired) electrons. The third-order valence-corrected chi connectivity index (χ3v) is 6.79. The van der Waals surface area contributed by atoms with Crippen LogP contribution >= 0.6 is 0 Å². The highest BCUT2D eigenvalue weighted by molar-refractivity contribution is 5.85. The smallest absolute Gasteiger partial charge is 0.349 e. The van der Waals surface area contributed by atoms with Gasteiger partial charge in [-0.1, -0.05) is 0 Å². The number of piperazine rings is 1. The van der Waals surface area contributed by atoms with E-state index in [4.69, 9.17) is 0 Å². The summed E-state index contributed by atoms with van der Waals surface area (Å²) in [7, 11) is 0. The molecule has 1 fully saturated rings. The van der Waals surface area contributed by atoms with E-state index in [9.17, 15) is 124 Å². The minimum absolute atomic E-state index is 0.551. The molecule has 5 nitrogen and oxygen atoms in total. The Labute approximate surface area is 262 Å². The molecule has 302 valence electrons. The normalized spacial score (nSPS) is 17.9. The largest absolute Gasteiger partial charge is 0.460 e. The summed E-state index contributed by atoms with van der Waals surface area (Å²) in [6.07, 6.45) is -15.5. The molecule has 1 aliphatic rings. The Morgan fingerprint density at radius 2 is 0.706 bits per heavy atom. The molecule has 0 aromatic heterocycles. The molecule has 0 aromatic rings. The van der Waals surface area contributed by atoms with Gasteiger partial charge in [0.25, 0.3) is 11.8 Å². The zero-order chi connectivity index (χ0) is 41.3. The number of halogens is 26. The lowest BCUT2D eigenvalue weighted by atomic mass is 9.93. The van der Waals surface area contributed by atoms with Crippen molar-refractivity contribution in [2.75, 3.05) is 39.3 Å². The second-order valence-corrected chi connectivity index (χ2v) is 10.1. The summed E-state index contributed by atoms with van der Waals surface area (Å²) in [5, 5.41) is 0.606. The lowest BCUT2D eigenvalue weighted by Crippen LogP contribution is -2.72. The molecule has 0 atom stereocenters. The van der Waals surface area contributed by atoms with Gasteiger partial charge in [0.2, 0.25) is 0 Å². The molecule has 0 bridgehead atoms. The van der Waals surface area contributed by atoms with Gasteiger partial charge in [-0.25, -0.2) is 0 Å². The van der Waals surface area contributed by atoms with Crippen molar-refractivity contribution in [2.45, 2.75) is 71.6 Å². The molecular formula is C20H13F26N3O2. The molecule has 0 aromatic carbocycles. The zero-order valence-electron chi connectivity index (χ0n) is 23.3. The van der Waals surface area contributed by atoms with Gasteiger partial charge in [0, 0.05) is 39.3 Å². The van der Waals surface area contributed by atoms with Crippen LogP contribution in [-0.4, -0.2) is 132 Å². The molecule has 0 unspecified atom stereocenters. The van der Waals surface area contributed by atoms with Gasteiger partial charge in [-0.2, -0.15) is 114 Å². The van der Waals surface area contributed by atoms with E-state index in [0.29, 0.717) is 10.2 Å². The monoisotopic (exact) mass is 821 g/mol. The van der Waals surface area contributed by atoms with Crippen LogP contribution in [-0.2, 0) is 9.59 Å². The third kappa shape index (κ3) is 6.75. The van der Waals surface area contributed by atoms with E-state index in [0.717, 1.165) is 0 Å². The lowest BCUT2D eigenvalue weighted by molar-refractivity contribution is -0.436. The van der Waals surface area contributed by atoms with Crippen molar-refractivity contribution in [3.63, 3.8) is 0 Å². The van der Waals surface area contributed by atoms with Crippen LogP contribution in [0.5, 0.6) is 0 Å². The Morgan fingerprint density at radius 1 is 0.412 bits per heavy atom. The maximum atomic E-state index is 14.1. The molecule has 1 heterocycles. The molecule has 1 aliphatic heterocycles. The molecule has 31 heteroatoms. The Balaban J connectivity index is 3.04. The molecule has 1 N–H and O–H groups in total. The van der Waals surface area contributed by atoms with Crippen molar-refractivity contribution in [1.29, 1.82) is 0 Å². The molecule has 0 saturated carbocycles. The van der Waals surface area contributed by atoms with Gasteiger partial charge in [-0.15, -0.1) is 0 Å². The number of alkyl halides is 26. The highest BCUT2D eigenvalue weighted by Gasteiger charge is 2.93. The fourth-order valence-electron chi connectivity index (χ4n) is 3.63. The average molecular weight is 821 g/mol. The third-order valence-electron chi connectivity index (χ3n) is 6.79. The first kappa shape index (κ1) is 46.1. The number of carbonyl (C=O) groups is 2. The number of nitrogens with one attached hydrogen (secondary N) is 1. The predicted octanol–water partition coefficient (Wildman–Crippen LogP) is 6.72. The van der Waals surface area contributed by atoms with Gasteiger partial charge in [0.15, 0.2) is 0 Å². The van der Waals surface area contributed by atoms with E-state index in [-0.39, 0.29) is 0 Å². The van der Waals surface area contributed by atoms with E-state index >= 15 is 0 Å². The highest BCUT2D eigenvalue weighted by Crippen LogP contribution is 2.62. The maximum absolute atomic E-state index is 14.1. The molecule has 0 aliphatic carbocycles. The van der Waals surface area contributed by atoms with E-state index in [2.05, 4.69) is 0 Å². The van der Waals surface area contributed by atoms with Crippen molar-refractivity contribution >= 4 is 11.8 Å². The van der Waals surface area contributed by atoms with Gasteiger partial charge in [0.05, 0.1) is 0 Å². The first-order valence-electron chi connectivity index (χ1n) is 12.2. The highest BCUT2D eigenvalue weighted by atomic mass is 19.4. The van der Waals surface area contributed by atoms with Gasteiger partial charge in [0.1, 0.15) is 0 Å².